The first-order valence-corrected chi connectivity index (χ1v) is 7.16. The van der Waals surface area contributed by atoms with Gasteiger partial charge in [0.1, 0.15) is 0 Å². The Balaban J connectivity index is 1.91. The topological polar surface area (TPSA) is 24.5 Å². The van der Waals surface area contributed by atoms with Crippen molar-refractivity contribution in [1.82, 2.24) is 10.2 Å². The zero-order valence-corrected chi connectivity index (χ0v) is 11.5. The molecule has 1 N–H and O–H groups in total. The summed E-state index contributed by atoms with van der Waals surface area (Å²) in [6.45, 7) is 4.45. The predicted octanol–water partition coefficient (Wildman–Crippen LogP) is 1.88. The van der Waals surface area contributed by atoms with Crippen LogP contribution in [0.3, 0.4) is 0 Å². The minimum atomic E-state index is 0.400. The molecule has 0 spiro atoms. The van der Waals surface area contributed by atoms with E-state index in [1.807, 2.05) is 7.11 Å². The van der Waals surface area contributed by atoms with Gasteiger partial charge in [0, 0.05) is 25.1 Å². The number of nitrogens with one attached hydrogen (secondary N) is 1. The van der Waals surface area contributed by atoms with Crippen molar-refractivity contribution in [2.75, 3.05) is 40.4 Å². The van der Waals surface area contributed by atoms with Crippen molar-refractivity contribution >= 4 is 0 Å². The van der Waals surface area contributed by atoms with E-state index in [9.17, 15) is 0 Å². The zero-order chi connectivity index (χ0) is 12.1. The largest absolute Gasteiger partial charge is 0.384 e. The van der Waals surface area contributed by atoms with Gasteiger partial charge < -0.3 is 15.0 Å². The highest BCUT2D eigenvalue weighted by Crippen LogP contribution is 2.32. The molecule has 0 atom stereocenters. The van der Waals surface area contributed by atoms with E-state index in [1.165, 1.54) is 45.1 Å². The molecule has 0 radical (unpaired) electrons. The monoisotopic (exact) mass is 240 g/mol. The van der Waals surface area contributed by atoms with Crippen molar-refractivity contribution in [3.63, 3.8) is 0 Å². The molecule has 0 unspecified atom stereocenters. The first-order chi connectivity index (χ1) is 8.26. The Morgan fingerprint density at radius 1 is 1.24 bits per heavy atom. The molecule has 1 saturated carbocycles. The molecular formula is C14H28N2O. The summed E-state index contributed by atoms with van der Waals surface area (Å²) in [7, 11) is 4.16. The van der Waals surface area contributed by atoms with Crippen LogP contribution in [0.1, 0.15) is 38.5 Å². The summed E-state index contributed by atoms with van der Waals surface area (Å²) in [6.07, 6.45) is 8.17. The molecule has 3 heteroatoms. The second-order valence-electron chi connectivity index (χ2n) is 6.04. The standard InChI is InChI=1S/C14H28N2O/c1-16(13-5-3-4-6-13)11-14(12-17-2)7-9-15-10-8-14/h13,15H,3-12H2,1-2H3. The summed E-state index contributed by atoms with van der Waals surface area (Å²) < 4.78 is 5.49. The molecule has 0 aromatic carbocycles. The molecule has 0 bridgehead atoms. The zero-order valence-electron chi connectivity index (χ0n) is 11.5. The average molecular weight is 240 g/mol. The van der Waals surface area contributed by atoms with Crippen LogP contribution in [0, 0.1) is 5.41 Å². The smallest absolute Gasteiger partial charge is 0.0531 e. The summed E-state index contributed by atoms with van der Waals surface area (Å²) in [5, 5.41) is 3.47. The lowest BCUT2D eigenvalue weighted by molar-refractivity contribution is 0.0192. The molecule has 1 heterocycles. The molecule has 17 heavy (non-hydrogen) atoms. The second kappa shape index (κ2) is 6.17. The van der Waals surface area contributed by atoms with Crippen LogP contribution in [-0.4, -0.2) is 51.3 Å². The van der Waals surface area contributed by atoms with Crippen LogP contribution in [0.2, 0.25) is 0 Å². The van der Waals surface area contributed by atoms with E-state index in [1.54, 1.807) is 0 Å². The van der Waals surface area contributed by atoms with Crippen LogP contribution >= 0.6 is 0 Å². The average Bonchev–Trinajstić information content (AvgIpc) is 2.84. The molecular weight excluding hydrogens is 212 g/mol. The highest BCUT2D eigenvalue weighted by molar-refractivity contribution is 4.89. The molecule has 2 aliphatic rings. The number of hydrogen-bond donors (Lipinski definition) is 1. The van der Waals surface area contributed by atoms with Gasteiger partial charge in [-0.3, -0.25) is 0 Å². The maximum atomic E-state index is 5.49. The van der Waals surface area contributed by atoms with Crippen LogP contribution < -0.4 is 5.32 Å². The van der Waals surface area contributed by atoms with Gasteiger partial charge in [0.25, 0.3) is 0 Å². The molecule has 2 fully saturated rings. The Morgan fingerprint density at radius 2 is 1.88 bits per heavy atom. The van der Waals surface area contributed by atoms with Gasteiger partial charge in [-0.15, -0.1) is 0 Å². The summed E-state index contributed by atoms with van der Waals surface area (Å²) in [4.78, 5) is 2.61. The molecule has 0 aromatic rings. The van der Waals surface area contributed by atoms with Gasteiger partial charge in [-0.25, -0.2) is 0 Å². The van der Waals surface area contributed by atoms with E-state index in [-0.39, 0.29) is 0 Å². The lowest BCUT2D eigenvalue weighted by Gasteiger charge is -2.41. The number of ether oxygens (including phenoxy) is 1. The first kappa shape index (κ1) is 13.3. The minimum Gasteiger partial charge on any atom is -0.384 e. The van der Waals surface area contributed by atoms with Gasteiger partial charge in [-0.1, -0.05) is 12.8 Å². The number of rotatable bonds is 5. The lowest BCUT2D eigenvalue weighted by Crippen LogP contribution is -2.48. The summed E-state index contributed by atoms with van der Waals surface area (Å²) in [6, 6.07) is 0.832. The Labute approximate surface area is 106 Å². The Bertz CT molecular complexity index is 215. The van der Waals surface area contributed by atoms with Gasteiger partial charge >= 0.3 is 0 Å². The molecule has 0 aromatic heterocycles. The van der Waals surface area contributed by atoms with Crippen LogP contribution in [-0.2, 0) is 4.74 Å². The van der Waals surface area contributed by atoms with E-state index in [2.05, 4.69) is 17.3 Å². The van der Waals surface area contributed by atoms with Gasteiger partial charge in [-0.05, 0) is 45.8 Å². The van der Waals surface area contributed by atoms with Crippen molar-refractivity contribution in [2.24, 2.45) is 5.41 Å². The fourth-order valence-corrected chi connectivity index (χ4v) is 3.61. The molecule has 1 aliphatic heterocycles. The first-order valence-electron chi connectivity index (χ1n) is 7.16. The Hall–Kier alpha value is -0.120. The van der Waals surface area contributed by atoms with Crippen LogP contribution in [0.5, 0.6) is 0 Å². The third-order valence-corrected chi connectivity index (χ3v) is 4.65. The number of piperidine rings is 1. The second-order valence-corrected chi connectivity index (χ2v) is 6.04. The van der Waals surface area contributed by atoms with Crippen LogP contribution in [0.4, 0.5) is 0 Å². The molecule has 3 nitrogen and oxygen atoms in total. The van der Waals surface area contributed by atoms with Gasteiger partial charge in [0.2, 0.25) is 0 Å². The summed E-state index contributed by atoms with van der Waals surface area (Å²) >= 11 is 0. The molecule has 1 saturated heterocycles. The van der Waals surface area contributed by atoms with Crippen molar-refractivity contribution in [1.29, 1.82) is 0 Å². The fourth-order valence-electron chi connectivity index (χ4n) is 3.61. The lowest BCUT2D eigenvalue weighted by atomic mass is 9.79. The Kier molecular flexibility index (Phi) is 4.83. The highest BCUT2D eigenvalue weighted by atomic mass is 16.5. The van der Waals surface area contributed by atoms with E-state index in [4.69, 9.17) is 4.74 Å². The number of nitrogens with zero attached hydrogens (tertiary/aromatic N) is 1. The third-order valence-electron chi connectivity index (χ3n) is 4.65. The third kappa shape index (κ3) is 3.43. The van der Waals surface area contributed by atoms with E-state index in [0.717, 1.165) is 25.7 Å². The SMILES string of the molecule is COCC1(CN(C)C2CCCC2)CCNCC1. The summed E-state index contributed by atoms with van der Waals surface area (Å²) in [5.41, 5.74) is 0.400. The van der Waals surface area contributed by atoms with E-state index >= 15 is 0 Å². The van der Waals surface area contributed by atoms with Crippen molar-refractivity contribution in [3.05, 3.63) is 0 Å². The van der Waals surface area contributed by atoms with E-state index in [0.29, 0.717) is 5.41 Å². The molecule has 0 amide bonds. The van der Waals surface area contributed by atoms with Gasteiger partial charge in [0.05, 0.1) is 6.61 Å². The van der Waals surface area contributed by atoms with Gasteiger partial charge in [0.15, 0.2) is 0 Å². The quantitative estimate of drug-likeness (QED) is 0.794. The predicted molar refractivity (Wildman–Crippen MR) is 71.3 cm³/mol. The van der Waals surface area contributed by atoms with Crippen molar-refractivity contribution in [2.45, 2.75) is 44.6 Å². The number of hydrogen-bond acceptors (Lipinski definition) is 3. The minimum absolute atomic E-state index is 0.400. The highest BCUT2D eigenvalue weighted by Gasteiger charge is 2.35. The van der Waals surface area contributed by atoms with Crippen LogP contribution in [0.25, 0.3) is 0 Å². The van der Waals surface area contributed by atoms with E-state index < -0.39 is 0 Å². The maximum absolute atomic E-state index is 5.49. The van der Waals surface area contributed by atoms with Crippen molar-refractivity contribution in [3.8, 4) is 0 Å². The number of methoxy groups -OCH3 is 1. The Morgan fingerprint density at radius 3 is 2.47 bits per heavy atom. The summed E-state index contributed by atoms with van der Waals surface area (Å²) in [5.74, 6) is 0. The fraction of sp³-hybridized carbons (Fsp3) is 1.00. The van der Waals surface area contributed by atoms with Gasteiger partial charge in [-0.2, -0.15) is 0 Å². The molecule has 2 rings (SSSR count). The van der Waals surface area contributed by atoms with Crippen molar-refractivity contribution < 1.29 is 4.74 Å². The maximum Gasteiger partial charge on any atom is 0.0531 e. The molecule has 1 aliphatic carbocycles. The molecule has 100 valence electrons. The van der Waals surface area contributed by atoms with Crippen LogP contribution in [0.15, 0.2) is 0 Å². The normalized spacial score (nSPS) is 25.6.